The highest BCUT2D eigenvalue weighted by atomic mass is 16.7. The Morgan fingerprint density at radius 2 is 1.89 bits per heavy atom. The lowest BCUT2D eigenvalue weighted by atomic mass is 10.1. The van der Waals surface area contributed by atoms with Crippen molar-refractivity contribution < 1.29 is 34.4 Å². The number of carbonyl (C=O) groups excluding carboxylic acids is 1. The van der Waals surface area contributed by atoms with Crippen molar-refractivity contribution in [1.29, 1.82) is 0 Å². The fourth-order valence-corrected chi connectivity index (χ4v) is 1.31. The van der Waals surface area contributed by atoms with Crippen LogP contribution in [0.25, 0.3) is 0 Å². The van der Waals surface area contributed by atoms with Gasteiger partial charge in [0, 0.05) is 0 Å². The highest BCUT2D eigenvalue weighted by molar-refractivity contribution is 5.66. The van der Waals surface area contributed by atoms with Crippen LogP contribution in [0, 0.1) is 0 Å². The van der Waals surface area contributed by atoms with Crippen LogP contribution in [0.15, 0.2) is 0 Å². The van der Waals surface area contributed by atoms with Gasteiger partial charge in [0.2, 0.25) is 0 Å². The Morgan fingerprint density at radius 3 is 2.44 bits per heavy atom. The molecule has 0 radical (unpaired) electrons. The van der Waals surface area contributed by atoms with Crippen molar-refractivity contribution in [2.75, 3.05) is 6.61 Å². The van der Waals surface area contributed by atoms with Crippen LogP contribution < -0.4 is 5.48 Å². The molecule has 1 fully saturated rings. The maximum atomic E-state index is 11.3. The van der Waals surface area contributed by atoms with E-state index in [-0.39, 0.29) is 6.61 Å². The molecule has 1 aliphatic rings. The Balaban J connectivity index is 2.37. The van der Waals surface area contributed by atoms with E-state index in [1.807, 2.05) is 5.48 Å². The lowest BCUT2D eigenvalue weighted by Gasteiger charge is -2.34. The fourth-order valence-electron chi connectivity index (χ4n) is 1.31. The zero-order valence-corrected chi connectivity index (χ0v) is 10.5. The van der Waals surface area contributed by atoms with Gasteiger partial charge in [0.1, 0.15) is 23.9 Å². The van der Waals surface area contributed by atoms with Gasteiger partial charge in [-0.15, -0.1) is 0 Å². The number of hydrogen-bond donors (Lipinski definition) is 4. The number of rotatable bonds is 2. The highest BCUT2D eigenvalue weighted by Gasteiger charge is 2.39. The van der Waals surface area contributed by atoms with Crippen LogP contribution in [0.4, 0.5) is 4.79 Å². The maximum Gasteiger partial charge on any atom is 0.431 e. The first-order chi connectivity index (χ1) is 8.20. The first-order valence-electron chi connectivity index (χ1n) is 5.51. The van der Waals surface area contributed by atoms with Crippen LogP contribution in [-0.2, 0) is 14.3 Å². The monoisotopic (exact) mass is 265 g/mol. The lowest BCUT2D eigenvalue weighted by Crippen LogP contribution is -2.55. The summed E-state index contributed by atoms with van der Waals surface area (Å²) in [6.07, 6.45) is -6.15. The summed E-state index contributed by atoms with van der Waals surface area (Å²) >= 11 is 0. The van der Waals surface area contributed by atoms with Crippen LogP contribution in [0.3, 0.4) is 0 Å². The first kappa shape index (κ1) is 15.1. The predicted molar refractivity (Wildman–Crippen MR) is 58.2 cm³/mol. The number of aliphatic hydroxyl groups excluding tert-OH is 3. The van der Waals surface area contributed by atoms with E-state index >= 15 is 0 Å². The molecule has 0 bridgehead atoms. The first-order valence-corrected chi connectivity index (χ1v) is 5.51. The molecule has 8 heteroatoms. The summed E-state index contributed by atoms with van der Waals surface area (Å²) in [4.78, 5) is 16.1. The molecule has 1 heterocycles. The Kier molecular flexibility index (Phi) is 4.88. The van der Waals surface area contributed by atoms with Gasteiger partial charge in [-0.05, 0) is 20.8 Å². The van der Waals surface area contributed by atoms with Gasteiger partial charge in [0.15, 0.2) is 6.29 Å². The largest absolute Gasteiger partial charge is 0.442 e. The molecular weight excluding hydrogens is 246 g/mol. The summed E-state index contributed by atoms with van der Waals surface area (Å²) < 4.78 is 9.64. The third-order valence-corrected chi connectivity index (χ3v) is 2.15. The smallest absolute Gasteiger partial charge is 0.431 e. The van der Waals surface area contributed by atoms with Gasteiger partial charge < -0.3 is 24.8 Å². The highest BCUT2D eigenvalue weighted by Crippen LogP contribution is 2.15. The second-order valence-electron chi connectivity index (χ2n) is 4.97. The molecule has 1 rings (SSSR count). The van der Waals surface area contributed by atoms with Crippen LogP contribution in [0.2, 0.25) is 0 Å². The molecule has 4 atom stereocenters. The number of amides is 1. The molecule has 0 aliphatic carbocycles. The molecular formula is C10H19NO7. The Labute approximate surface area is 104 Å². The van der Waals surface area contributed by atoms with E-state index in [2.05, 4.69) is 0 Å². The topological polar surface area (TPSA) is 117 Å². The number of ether oxygens (including phenoxy) is 2. The van der Waals surface area contributed by atoms with Gasteiger partial charge in [-0.1, -0.05) is 0 Å². The minimum atomic E-state index is -1.50. The second-order valence-corrected chi connectivity index (χ2v) is 4.97. The zero-order chi connectivity index (χ0) is 13.9. The molecule has 4 unspecified atom stereocenters. The number of nitrogens with one attached hydrogen (secondary N) is 1. The predicted octanol–water partition coefficient (Wildman–Crippen LogP) is -1.12. The van der Waals surface area contributed by atoms with Gasteiger partial charge in [-0.25, -0.2) is 4.79 Å². The molecule has 0 saturated carbocycles. The molecule has 1 saturated heterocycles. The summed E-state index contributed by atoms with van der Waals surface area (Å²) in [7, 11) is 0. The SMILES string of the molecule is CC(C)(C)OC(=O)NOC1COC(O)C(O)C1O. The van der Waals surface area contributed by atoms with Crippen molar-refractivity contribution in [3.8, 4) is 0 Å². The van der Waals surface area contributed by atoms with E-state index < -0.39 is 36.3 Å². The fraction of sp³-hybridized carbons (Fsp3) is 0.900. The number of hydrogen-bond acceptors (Lipinski definition) is 7. The Hall–Kier alpha value is -0.930. The molecule has 0 spiro atoms. The summed E-state index contributed by atoms with van der Waals surface area (Å²) in [5.74, 6) is 0. The lowest BCUT2D eigenvalue weighted by molar-refractivity contribution is -0.267. The van der Waals surface area contributed by atoms with Crippen molar-refractivity contribution in [3.63, 3.8) is 0 Å². The van der Waals surface area contributed by atoms with Crippen LogP contribution in [-0.4, -0.2) is 58.2 Å². The van der Waals surface area contributed by atoms with E-state index in [9.17, 15) is 15.0 Å². The number of carbonyl (C=O) groups is 1. The number of aliphatic hydroxyl groups is 3. The van der Waals surface area contributed by atoms with Gasteiger partial charge in [0.25, 0.3) is 0 Å². The average Bonchev–Trinajstić information content (AvgIpc) is 2.22. The van der Waals surface area contributed by atoms with Crippen molar-refractivity contribution >= 4 is 6.09 Å². The van der Waals surface area contributed by atoms with Crippen LogP contribution in [0.5, 0.6) is 0 Å². The van der Waals surface area contributed by atoms with E-state index in [0.29, 0.717) is 0 Å². The Morgan fingerprint density at radius 1 is 1.28 bits per heavy atom. The normalized spacial score (nSPS) is 33.0. The van der Waals surface area contributed by atoms with Crippen LogP contribution in [0.1, 0.15) is 20.8 Å². The summed E-state index contributed by atoms with van der Waals surface area (Å²) in [5, 5.41) is 28.0. The van der Waals surface area contributed by atoms with E-state index in [0.717, 1.165) is 0 Å². The molecule has 1 amide bonds. The molecule has 106 valence electrons. The maximum absolute atomic E-state index is 11.3. The zero-order valence-electron chi connectivity index (χ0n) is 10.5. The van der Waals surface area contributed by atoms with Gasteiger partial charge in [-0.3, -0.25) is 4.84 Å². The van der Waals surface area contributed by atoms with Crippen LogP contribution >= 0.6 is 0 Å². The van der Waals surface area contributed by atoms with Gasteiger partial charge >= 0.3 is 6.09 Å². The van der Waals surface area contributed by atoms with Gasteiger partial charge in [0.05, 0.1) is 6.61 Å². The van der Waals surface area contributed by atoms with Crippen molar-refractivity contribution in [1.82, 2.24) is 5.48 Å². The minimum Gasteiger partial charge on any atom is -0.442 e. The molecule has 18 heavy (non-hydrogen) atoms. The van der Waals surface area contributed by atoms with E-state index in [4.69, 9.17) is 19.4 Å². The number of hydroxylamine groups is 1. The van der Waals surface area contributed by atoms with E-state index in [1.54, 1.807) is 20.8 Å². The standard InChI is InChI=1S/C10H19NO7/c1-10(2,3)17-9(15)11-18-5-4-16-8(14)7(13)6(5)12/h5-8,12-14H,4H2,1-3H3,(H,11,15). The molecule has 4 N–H and O–H groups in total. The summed E-state index contributed by atoms with van der Waals surface area (Å²) in [5.41, 5.74) is 1.31. The van der Waals surface area contributed by atoms with E-state index in [1.165, 1.54) is 0 Å². The van der Waals surface area contributed by atoms with Crippen molar-refractivity contribution in [2.24, 2.45) is 0 Å². The second kappa shape index (κ2) is 5.81. The molecule has 1 aliphatic heterocycles. The summed E-state index contributed by atoms with van der Waals surface area (Å²) in [6, 6.07) is 0. The quantitative estimate of drug-likeness (QED) is 0.467. The molecule has 8 nitrogen and oxygen atoms in total. The van der Waals surface area contributed by atoms with Gasteiger partial charge in [-0.2, -0.15) is 5.48 Å². The Bertz CT molecular complexity index is 290. The van der Waals surface area contributed by atoms with Crippen molar-refractivity contribution in [3.05, 3.63) is 0 Å². The third kappa shape index (κ3) is 4.39. The average molecular weight is 265 g/mol. The molecule has 0 aromatic rings. The molecule has 0 aromatic heterocycles. The van der Waals surface area contributed by atoms with Crippen molar-refractivity contribution in [2.45, 2.75) is 51.0 Å². The minimum absolute atomic E-state index is 0.171. The third-order valence-electron chi connectivity index (χ3n) is 2.15. The summed E-state index contributed by atoms with van der Waals surface area (Å²) in [6.45, 7) is 4.89. The molecule has 0 aromatic carbocycles.